The molecule has 0 aliphatic carbocycles. The van der Waals surface area contributed by atoms with Crippen LogP contribution in [-0.2, 0) is 14.8 Å². The van der Waals surface area contributed by atoms with Gasteiger partial charge in [-0.25, -0.2) is 12.8 Å². The minimum absolute atomic E-state index is 0.0867. The Balaban J connectivity index is 1.53. The monoisotopic (exact) mass is 418 g/mol. The topological polar surface area (TPSA) is 74.8 Å². The lowest BCUT2D eigenvalue weighted by atomic mass is 10.0. The lowest BCUT2D eigenvalue weighted by Gasteiger charge is -2.34. The standard InChI is InChI=1S/C21H23FN2O4S/c1-16-5-7-17(8-6-16)20(25)9-10-21(26)23-11-13-24(14-12-23)29(27,28)19-4-2-3-18(22)15-19/h2-8,15H,9-14H2,1H3. The number of Topliss-reactive ketones (excluding diaryl/α,β-unsaturated/α-hetero) is 1. The molecule has 0 bridgehead atoms. The molecule has 2 aromatic rings. The van der Waals surface area contributed by atoms with Gasteiger partial charge in [0.2, 0.25) is 15.9 Å². The summed E-state index contributed by atoms with van der Waals surface area (Å²) in [7, 11) is -3.80. The Hall–Kier alpha value is -2.58. The van der Waals surface area contributed by atoms with E-state index >= 15 is 0 Å². The van der Waals surface area contributed by atoms with Crippen molar-refractivity contribution in [1.29, 1.82) is 0 Å². The van der Waals surface area contributed by atoms with E-state index in [4.69, 9.17) is 0 Å². The zero-order chi connectivity index (χ0) is 21.0. The third kappa shape index (κ3) is 5.07. The van der Waals surface area contributed by atoms with E-state index in [1.54, 1.807) is 17.0 Å². The highest BCUT2D eigenvalue weighted by Gasteiger charge is 2.30. The van der Waals surface area contributed by atoms with Crippen molar-refractivity contribution in [3.63, 3.8) is 0 Å². The Morgan fingerprint density at radius 3 is 2.24 bits per heavy atom. The Labute approximate surface area is 170 Å². The molecule has 1 saturated heterocycles. The van der Waals surface area contributed by atoms with Gasteiger partial charge in [-0.2, -0.15) is 4.31 Å². The van der Waals surface area contributed by atoms with Gasteiger partial charge >= 0.3 is 0 Å². The summed E-state index contributed by atoms with van der Waals surface area (Å²) in [5.74, 6) is -0.878. The third-order valence-electron chi connectivity index (χ3n) is 4.96. The summed E-state index contributed by atoms with van der Waals surface area (Å²) in [4.78, 5) is 26.1. The average Bonchev–Trinajstić information content (AvgIpc) is 2.72. The van der Waals surface area contributed by atoms with Crippen molar-refractivity contribution in [2.45, 2.75) is 24.7 Å². The Morgan fingerprint density at radius 1 is 0.966 bits per heavy atom. The molecule has 1 aliphatic heterocycles. The third-order valence-corrected chi connectivity index (χ3v) is 6.86. The van der Waals surface area contributed by atoms with Crippen LogP contribution in [0.2, 0.25) is 0 Å². The first-order valence-electron chi connectivity index (χ1n) is 9.41. The van der Waals surface area contributed by atoms with Crippen LogP contribution in [0.15, 0.2) is 53.4 Å². The average molecular weight is 418 g/mol. The number of rotatable bonds is 6. The number of nitrogens with zero attached hydrogens (tertiary/aromatic N) is 2. The van der Waals surface area contributed by atoms with Gasteiger partial charge < -0.3 is 4.90 Å². The number of hydrogen-bond acceptors (Lipinski definition) is 4. The van der Waals surface area contributed by atoms with E-state index in [-0.39, 0.29) is 55.6 Å². The summed E-state index contributed by atoms with van der Waals surface area (Å²) in [6.45, 7) is 2.69. The largest absolute Gasteiger partial charge is 0.340 e. The maximum atomic E-state index is 13.4. The van der Waals surface area contributed by atoms with Crippen molar-refractivity contribution in [3.05, 3.63) is 65.5 Å². The van der Waals surface area contributed by atoms with Crippen molar-refractivity contribution >= 4 is 21.7 Å². The van der Waals surface area contributed by atoms with E-state index in [1.165, 1.54) is 22.5 Å². The molecule has 1 amide bonds. The maximum absolute atomic E-state index is 13.4. The predicted octanol–water partition coefficient (Wildman–Crippen LogP) is 2.63. The Bertz CT molecular complexity index is 998. The number of benzene rings is 2. The zero-order valence-corrected chi connectivity index (χ0v) is 17.0. The van der Waals surface area contributed by atoms with Gasteiger partial charge in [-0.3, -0.25) is 9.59 Å². The van der Waals surface area contributed by atoms with Gasteiger partial charge in [0.15, 0.2) is 5.78 Å². The van der Waals surface area contributed by atoms with Crippen molar-refractivity contribution in [1.82, 2.24) is 9.21 Å². The van der Waals surface area contributed by atoms with Crippen LogP contribution in [0.25, 0.3) is 0 Å². The van der Waals surface area contributed by atoms with Gasteiger partial charge in [-0.15, -0.1) is 0 Å². The molecule has 0 unspecified atom stereocenters. The van der Waals surface area contributed by atoms with Crippen LogP contribution in [0.3, 0.4) is 0 Å². The van der Waals surface area contributed by atoms with E-state index in [1.807, 2.05) is 19.1 Å². The normalized spacial score (nSPS) is 15.3. The van der Waals surface area contributed by atoms with Crippen LogP contribution in [0, 0.1) is 12.7 Å². The van der Waals surface area contributed by atoms with Gasteiger partial charge in [0.05, 0.1) is 4.90 Å². The molecule has 0 spiro atoms. The molecule has 0 aromatic heterocycles. The molecule has 0 atom stereocenters. The van der Waals surface area contributed by atoms with Gasteiger partial charge in [0.25, 0.3) is 0 Å². The number of ketones is 1. The molecule has 1 fully saturated rings. The number of amides is 1. The van der Waals surface area contributed by atoms with Gasteiger partial charge in [0, 0.05) is 44.6 Å². The molecule has 0 N–H and O–H groups in total. The van der Waals surface area contributed by atoms with Crippen LogP contribution >= 0.6 is 0 Å². The first-order valence-corrected chi connectivity index (χ1v) is 10.8. The summed E-state index contributed by atoms with van der Waals surface area (Å²) in [6, 6.07) is 12.1. The van der Waals surface area contributed by atoms with E-state index in [0.29, 0.717) is 5.56 Å². The van der Waals surface area contributed by atoms with Gasteiger partial charge in [0.1, 0.15) is 5.82 Å². The van der Waals surface area contributed by atoms with Crippen molar-refractivity contribution in [3.8, 4) is 0 Å². The van der Waals surface area contributed by atoms with Crippen LogP contribution in [0.1, 0.15) is 28.8 Å². The van der Waals surface area contributed by atoms with E-state index < -0.39 is 15.8 Å². The summed E-state index contributed by atoms with van der Waals surface area (Å²) in [5, 5.41) is 0. The highest BCUT2D eigenvalue weighted by atomic mass is 32.2. The molecule has 29 heavy (non-hydrogen) atoms. The van der Waals surface area contributed by atoms with Crippen LogP contribution < -0.4 is 0 Å². The SMILES string of the molecule is Cc1ccc(C(=O)CCC(=O)N2CCN(S(=O)(=O)c3cccc(F)c3)CC2)cc1. The molecular formula is C21H23FN2O4S. The Morgan fingerprint density at radius 2 is 1.62 bits per heavy atom. The highest BCUT2D eigenvalue weighted by Crippen LogP contribution is 2.19. The lowest BCUT2D eigenvalue weighted by Crippen LogP contribution is -2.50. The van der Waals surface area contributed by atoms with E-state index in [0.717, 1.165) is 11.6 Å². The summed E-state index contributed by atoms with van der Waals surface area (Å²) in [5.41, 5.74) is 1.64. The molecule has 2 aromatic carbocycles. The second-order valence-corrected chi connectivity index (χ2v) is 8.97. The van der Waals surface area contributed by atoms with Gasteiger partial charge in [-0.05, 0) is 25.1 Å². The number of carbonyl (C=O) groups is 2. The van der Waals surface area contributed by atoms with E-state index in [9.17, 15) is 22.4 Å². The zero-order valence-electron chi connectivity index (χ0n) is 16.2. The molecule has 154 valence electrons. The second kappa shape index (κ2) is 8.84. The number of aryl methyl sites for hydroxylation is 1. The minimum atomic E-state index is -3.80. The molecule has 1 heterocycles. The maximum Gasteiger partial charge on any atom is 0.243 e. The van der Waals surface area contributed by atoms with Gasteiger partial charge in [-0.1, -0.05) is 35.9 Å². The minimum Gasteiger partial charge on any atom is -0.340 e. The molecule has 0 radical (unpaired) electrons. The lowest BCUT2D eigenvalue weighted by molar-refractivity contribution is -0.132. The van der Waals surface area contributed by atoms with Crippen LogP contribution in [-0.4, -0.2) is 55.5 Å². The first-order chi connectivity index (χ1) is 13.8. The summed E-state index contributed by atoms with van der Waals surface area (Å²) >= 11 is 0. The van der Waals surface area contributed by atoms with E-state index in [2.05, 4.69) is 0 Å². The molecule has 1 aliphatic rings. The number of carbonyl (C=O) groups excluding carboxylic acids is 2. The van der Waals surface area contributed by atoms with Crippen molar-refractivity contribution in [2.75, 3.05) is 26.2 Å². The quantitative estimate of drug-likeness (QED) is 0.676. The molecule has 6 nitrogen and oxygen atoms in total. The summed E-state index contributed by atoms with van der Waals surface area (Å²) in [6.07, 6.45) is 0.201. The Kier molecular flexibility index (Phi) is 6.44. The second-order valence-electron chi connectivity index (χ2n) is 7.03. The molecule has 3 rings (SSSR count). The predicted molar refractivity (Wildman–Crippen MR) is 106 cm³/mol. The fraction of sp³-hybridized carbons (Fsp3) is 0.333. The molecular weight excluding hydrogens is 395 g/mol. The van der Waals surface area contributed by atoms with Crippen LogP contribution in [0.5, 0.6) is 0 Å². The number of halogens is 1. The number of hydrogen-bond donors (Lipinski definition) is 0. The fourth-order valence-electron chi connectivity index (χ4n) is 3.22. The fourth-order valence-corrected chi connectivity index (χ4v) is 4.67. The summed E-state index contributed by atoms with van der Waals surface area (Å²) < 4.78 is 39.9. The smallest absolute Gasteiger partial charge is 0.243 e. The number of piperazine rings is 1. The van der Waals surface area contributed by atoms with Crippen LogP contribution in [0.4, 0.5) is 4.39 Å². The first kappa shape index (κ1) is 21.1. The highest BCUT2D eigenvalue weighted by molar-refractivity contribution is 7.89. The number of sulfonamides is 1. The van der Waals surface area contributed by atoms with Crippen molar-refractivity contribution in [2.24, 2.45) is 0 Å². The molecule has 8 heteroatoms. The van der Waals surface area contributed by atoms with Crippen molar-refractivity contribution < 1.29 is 22.4 Å². The molecule has 0 saturated carbocycles.